The monoisotopic (exact) mass is 278 g/mol. The summed E-state index contributed by atoms with van der Waals surface area (Å²) in [6, 6.07) is 8.23. The largest absolute Gasteiger partial charge is 0.276 e. The second-order valence-electron chi connectivity index (χ2n) is 5.33. The van der Waals surface area contributed by atoms with Crippen molar-refractivity contribution < 1.29 is 8.42 Å². The summed E-state index contributed by atoms with van der Waals surface area (Å²) < 4.78 is 23.9. The SMILES string of the molecule is CC1(C)C=C/C(=N\NS(=O)(=O)c2ccccc2)CC1. The average molecular weight is 278 g/mol. The Kier molecular flexibility index (Phi) is 3.75. The standard InChI is InChI=1S/C14H18N2O2S/c1-14(2)10-8-12(9-11-14)15-16-19(17,18)13-6-4-3-5-7-13/h3-8,10,16H,9,11H2,1-2H3/b15-12+. The van der Waals surface area contributed by atoms with E-state index in [-0.39, 0.29) is 10.3 Å². The average Bonchev–Trinajstić information content (AvgIpc) is 2.39. The Hall–Kier alpha value is -1.62. The zero-order valence-electron chi connectivity index (χ0n) is 11.1. The van der Waals surface area contributed by atoms with Gasteiger partial charge in [-0.15, -0.1) is 0 Å². The van der Waals surface area contributed by atoms with Crippen LogP contribution in [0.3, 0.4) is 0 Å². The first kappa shape index (κ1) is 13.8. The van der Waals surface area contributed by atoms with Crippen molar-refractivity contribution in [2.24, 2.45) is 10.5 Å². The van der Waals surface area contributed by atoms with E-state index in [4.69, 9.17) is 0 Å². The molecule has 1 aromatic carbocycles. The molecule has 4 nitrogen and oxygen atoms in total. The summed E-state index contributed by atoms with van der Waals surface area (Å²) >= 11 is 0. The Bertz CT molecular complexity index is 602. The summed E-state index contributed by atoms with van der Waals surface area (Å²) in [4.78, 5) is 2.50. The lowest BCUT2D eigenvalue weighted by atomic mass is 9.82. The van der Waals surface area contributed by atoms with Crippen LogP contribution < -0.4 is 4.83 Å². The van der Waals surface area contributed by atoms with Crippen LogP contribution >= 0.6 is 0 Å². The molecule has 5 heteroatoms. The molecular formula is C14H18N2O2S. The highest BCUT2D eigenvalue weighted by Crippen LogP contribution is 2.28. The molecule has 0 spiro atoms. The Morgan fingerprint density at radius 2 is 1.89 bits per heavy atom. The molecule has 0 aliphatic heterocycles. The number of nitrogens with one attached hydrogen (secondary N) is 1. The molecule has 1 aliphatic rings. The number of hydrogen-bond acceptors (Lipinski definition) is 3. The molecule has 0 unspecified atom stereocenters. The third kappa shape index (κ3) is 3.67. The molecule has 19 heavy (non-hydrogen) atoms. The summed E-state index contributed by atoms with van der Waals surface area (Å²) in [5, 5.41) is 3.99. The molecule has 0 atom stereocenters. The minimum absolute atomic E-state index is 0.164. The van der Waals surface area contributed by atoms with Crippen LogP contribution in [0.2, 0.25) is 0 Å². The van der Waals surface area contributed by atoms with Crippen LogP contribution in [0.15, 0.2) is 52.5 Å². The van der Waals surface area contributed by atoms with Crippen LogP contribution in [0.1, 0.15) is 26.7 Å². The molecule has 1 N–H and O–H groups in total. The van der Waals surface area contributed by atoms with E-state index >= 15 is 0 Å². The minimum atomic E-state index is -3.56. The van der Waals surface area contributed by atoms with E-state index in [0.29, 0.717) is 0 Å². The zero-order valence-corrected chi connectivity index (χ0v) is 11.9. The normalized spacial score (nSPS) is 20.4. The summed E-state index contributed by atoms with van der Waals surface area (Å²) in [5.74, 6) is 0. The Labute approximate surface area is 114 Å². The molecule has 0 fully saturated rings. The highest BCUT2D eigenvalue weighted by atomic mass is 32.2. The lowest BCUT2D eigenvalue weighted by molar-refractivity contribution is 0.441. The summed E-state index contributed by atoms with van der Waals surface area (Å²) in [7, 11) is -3.56. The van der Waals surface area contributed by atoms with Crippen molar-refractivity contribution in [2.45, 2.75) is 31.6 Å². The van der Waals surface area contributed by atoms with Crippen LogP contribution in [0.25, 0.3) is 0 Å². The van der Waals surface area contributed by atoms with Crippen LogP contribution in [-0.4, -0.2) is 14.1 Å². The van der Waals surface area contributed by atoms with Crippen molar-refractivity contribution in [1.82, 2.24) is 4.83 Å². The van der Waals surface area contributed by atoms with E-state index in [1.807, 2.05) is 6.08 Å². The number of sulfonamides is 1. The van der Waals surface area contributed by atoms with Gasteiger partial charge in [0.2, 0.25) is 0 Å². The molecule has 0 aromatic heterocycles. The third-order valence-electron chi connectivity index (χ3n) is 3.12. The number of hydrogen-bond donors (Lipinski definition) is 1. The number of rotatable bonds is 3. The predicted octanol–water partition coefficient (Wildman–Crippen LogP) is 2.70. The van der Waals surface area contributed by atoms with Crippen molar-refractivity contribution in [3.63, 3.8) is 0 Å². The molecule has 0 bridgehead atoms. The molecule has 2 rings (SSSR count). The third-order valence-corrected chi connectivity index (χ3v) is 4.34. The van der Waals surface area contributed by atoms with Crippen molar-refractivity contribution >= 4 is 15.7 Å². The van der Waals surface area contributed by atoms with E-state index in [1.165, 1.54) is 0 Å². The topological polar surface area (TPSA) is 58.5 Å². The molecule has 0 radical (unpaired) electrons. The van der Waals surface area contributed by atoms with Crippen LogP contribution in [0, 0.1) is 5.41 Å². The number of hydrazone groups is 1. The van der Waals surface area contributed by atoms with Gasteiger partial charge in [-0.3, -0.25) is 0 Å². The van der Waals surface area contributed by atoms with Gasteiger partial charge in [-0.25, -0.2) is 0 Å². The van der Waals surface area contributed by atoms with Gasteiger partial charge < -0.3 is 0 Å². The molecule has 1 aliphatic carbocycles. The second kappa shape index (κ2) is 5.17. The fourth-order valence-corrected chi connectivity index (χ4v) is 2.66. The highest BCUT2D eigenvalue weighted by molar-refractivity contribution is 7.89. The van der Waals surface area contributed by atoms with Gasteiger partial charge in [0.25, 0.3) is 10.0 Å². The van der Waals surface area contributed by atoms with E-state index in [0.717, 1.165) is 18.6 Å². The van der Waals surface area contributed by atoms with Gasteiger partial charge >= 0.3 is 0 Å². The van der Waals surface area contributed by atoms with E-state index in [1.54, 1.807) is 30.3 Å². The fourth-order valence-electron chi connectivity index (χ4n) is 1.80. The van der Waals surface area contributed by atoms with Gasteiger partial charge in [-0.2, -0.15) is 18.4 Å². The van der Waals surface area contributed by atoms with Gasteiger partial charge in [0.05, 0.1) is 10.6 Å². The summed E-state index contributed by atoms with van der Waals surface area (Å²) in [6.45, 7) is 4.29. The van der Waals surface area contributed by atoms with Crippen LogP contribution in [0.4, 0.5) is 0 Å². The summed E-state index contributed by atoms with van der Waals surface area (Å²) in [6.07, 6.45) is 5.69. The molecule has 0 heterocycles. The lowest BCUT2D eigenvalue weighted by Crippen LogP contribution is -2.22. The van der Waals surface area contributed by atoms with Gasteiger partial charge in [-0.1, -0.05) is 38.1 Å². The Morgan fingerprint density at radius 3 is 2.47 bits per heavy atom. The number of allylic oxidation sites excluding steroid dienone is 2. The van der Waals surface area contributed by atoms with Crippen LogP contribution in [0.5, 0.6) is 0 Å². The minimum Gasteiger partial charge on any atom is -0.200 e. The van der Waals surface area contributed by atoms with Gasteiger partial charge in [0.1, 0.15) is 0 Å². The highest BCUT2D eigenvalue weighted by Gasteiger charge is 2.19. The van der Waals surface area contributed by atoms with E-state index in [2.05, 4.69) is 29.9 Å². The predicted molar refractivity (Wildman–Crippen MR) is 76.4 cm³/mol. The van der Waals surface area contributed by atoms with Crippen molar-refractivity contribution in [3.05, 3.63) is 42.5 Å². The van der Waals surface area contributed by atoms with E-state index < -0.39 is 10.0 Å². The maximum atomic E-state index is 12.0. The first-order chi connectivity index (χ1) is 8.89. The van der Waals surface area contributed by atoms with Crippen molar-refractivity contribution in [3.8, 4) is 0 Å². The Morgan fingerprint density at radius 1 is 1.21 bits per heavy atom. The van der Waals surface area contributed by atoms with Gasteiger partial charge in [0.15, 0.2) is 0 Å². The molecule has 0 amide bonds. The maximum Gasteiger partial charge on any atom is 0.276 e. The lowest BCUT2D eigenvalue weighted by Gasteiger charge is -2.24. The maximum absolute atomic E-state index is 12.0. The van der Waals surface area contributed by atoms with E-state index in [9.17, 15) is 8.42 Å². The molecule has 1 aromatic rings. The Balaban J connectivity index is 2.11. The molecule has 0 saturated carbocycles. The zero-order chi connectivity index (χ0) is 13.9. The van der Waals surface area contributed by atoms with Crippen molar-refractivity contribution in [1.29, 1.82) is 0 Å². The van der Waals surface area contributed by atoms with Gasteiger partial charge in [0, 0.05) is 0 Å². The van der Waals surface area contributed by atoms with Gasteiger partial charge in [-0.05, 0) is 36.5 Å². The van der Waals surface area contributed by atoms with Crippen LogP contribution in [-0.2, 0) is 10.0 Å². The first-order valence-corrected chi connectivity index (χ1v) is 7.70. The molecule has 102 valence electrons. The molecular weight excluding hydrogens is 260 g/mol. The second-order valence-corrected chi connectivity index (χ2v) is 6.99. The summed E-state index contributed by atoms with van der Waals surface area (Å²) in [5.41, 5.74) is 0.927. The quantitative estimate of drug-likeness (QED) is 0.864. The molecule has 0 saturated heterocycles. The number of benzene rings is 1. The fraction of sp³-hybridized carbons (Fsp3) is 0.357. The number of nitrogens with zero attached hydrogens (tertiary/aromatic N) is 1. The smallest absolute Gasteiger partial charge is 0.200 e. The van der Waals surface area contributed by atoms with Crippen molar-refractivity contribution in [2.75, 3.05) is 0 Å². The first-order valence-electron chi connectivity index (χ1n) is 6.22.